The van der Waals surface area contributed by atoms with Gasteiger partial charge in [0.25, 0.3) is 5.91 Å². The van der Waals surface area contributed by atoms with Gasteiger partial charge in [0, 0.05) is 13.1 Å². The van der Waals surface area contributed by atoms with Gasteiger partial charge in [0.05, 0.1) is 36.5 Å². The van der Waals surface area contributed by atoms with Gasteiger partial charge in [-0.25, -0.2) is 0 Å². The first-order valence-corrected chi connectivity index (χ1v) is 11.1. The molecule has 32 heavy (non-hydrogen) atoms. The van der Waals surface area contributed by atoms with E-state index in [2.05, 4.69) is 17.2 Å². The molecule has 6 nitrogen and oxygen atoms in total. The van der Waals surface area contributed by atoms with Gasteiger partial charge in [-0.3, -0.25) is 14.3 Å². The van der Waals surface area contributed by atoms with Crippen molar-refractivity contribution < 1.29 is 14.3 Å². The number of hydrogen-bond donors (Lipinski definition) is 0. The fourth-order valence-electron chi connectivity index (χ4n) is 4.68. The number of esters is 1. The van der Waals surface area contributed by atoms with E-state index in [1.807, 2.05) is 65.0 Å². The van der Waals surface area contributed by atoms with Crippen LogP contribution in [0, 0.1) is 0 Å². The number of carbonyl (C=O) groups excluding carboxylic acids is 2. The number of nitrogens with zero attached hydrogens (tertiary/aromatic N) is 3. The van der Waals surface area contributed by atoms with Gasteiger partial charge in [-0.2, -0.15) is 5.10 Å². The highest BCUT2D eigenvalue weighted by Crippen LogP contribution is 2.37. The number of rotatable bonds is 6. The van der Waals surface area contributed by atoms with Crippen LogP contribution in [0.2, 0.25) is 0 Å². The molecule has 0 N–H and O–H groups in total. The smallest absolute Gasteiger partial charge is 0.316 e. The third kappa shape index (κ3) is 4.05. The zero-order valence-electron chi connectivity index (χ0n) is 18.7. The van der Waals surface area contributed by atoms with Gasteiger partial charge in [-0.15, -0.1) is 0 Å². The van der Waals surface area contributed by atoms with E-state index in [4.69, 9.17) is 4.74 Å². The van der Waals surface area contributed by atoms with Crippen LogP contribution >= 0.6 is 0 Å². The maximum Gasteiger partial charge on any atom is 0.316 e. The molecular formula is C26H29N3O3. The van der Waals surface area contributed by atoms with E-state index in [0.717, 1.165) is 23.2 Å². The van der Waals surface area contributed by atoms with Crippen molar-refractivity contribution in [1.82, 2.24) is 14.7 Å². The molecule has 1 aliphatic rings. The van der Waals surface area contributed by atoms with Crippen molar-refractivity contribution in [1.29, 1.82) is 0 Å². The lowest BCUT2D eigenvalue weighted by Gasteiger charge is -2.40. The average molecular weight is 432 g/mol. The van der Waals surface area contributed by atoms with E-state index in [-0.39, 0.29) is 11.9 Å². The Labute approximate surface area is 188 Å². The molecule has 1 saturated heterocycles. The van der Waals surface area contributed by atoms with E-state index in [1.165, 1.54) is 7.11 Å². The molecule has 166 valence electrons. The van der Waals surface area contributed by atoms with E-state index in [0.29, 0.717) is 38.0 Å². The molecule has 4 rings (SSSR count). The Kier molecular flexibility index (Phi) is 6.40. The summed E-state index contributed by atoms with van der Waals surface area (Å²) < 4.78 is 7.08. The predicted octanol–water partition coefficient (Wildman–Crippen LogP) is 3.84. The molecule has 6 heteroatoms. The molecule has 2 heterocycles. The summed E-state index contributed by atoms with van der Waals surface area (Å²) in [4.78, 5) is 28.0. The summed E-state index contributed by atoms with van der Waals surface area (Å²) in [7, 11) is 1.43. The van der Waals surface area contributed by atoms with E-state index >= 15 is 0 Å². The largest absolute Gasteiger partial charge is 0.468 e. The number of aromatic nitrogens is 2. The maximum atomic E-state index is 13.4. The minimum Gasteiger partial charge on any atom is -0.468 e. The zero-order chi connectivity index (χ0) is 22.6. The highest BCUT2D eigenvalue weighted by atomic mass is 16.5. The lowest BCUT2D eigenvalue weighted by Crippen LogP contribution is -2.49. The van der Waals surface area contributed by atoms with Crippen molar-refractivity contribution in [3.05, 3.63) is 89.2 Å². The fourth-order valence-corrected chi connectivity index (χ4v) is 4.68. The molecule has 2 aromatic carbocycles. The first-order valence-electron chi connectivity index (χ1n) is 11.1. The number of likely N-dealkylation sites (tertiary alicyclic amines) is 1. The number of hydrogen-bond acceptors (Lipinski definition) is 4. The highest BCUT2D eigenvalue weighted by Gasteiger charge is 2.45. The molecule has 1 aromatic heterocycles. The van der Waals surface area contributed by atoms with Gasteiger partial charge in [0.15, 0.2) is 0 Å². The molecule has 3 aromatic rings. The summed E-state index contributed by atoms with van der Waals surface area (Å²) in [5, 5.41) is 4.51. The number of methoxy groups -OCH3 is 1. The first-order chi connectivity index (χ1) is 15.6. The van der Waals surface area contributed by atoms with Crippen LogP contribution in [0.25, 0.3) is 0 Å². The molecule has 0 atom stereocenters. The summed E-state index contributed by atoms with van der Waals surface area (Å²) in [5.74, 6) is -0.256. The van der Waals surface area contributed by atoms with E-state index in [1.54, 1.807) is 6.20 Å². The van der Waals surface area contributed by atoms with Crippen LogP contribution in [0.1, 0.15) is 46.9 Å². The topological polar surface area (TPSA) is 64.4 Å². The zero-order valence-corrected chi connectivity index (χ0v) is 18.7. The summed E-state index contributed by atoms with van der Waals surface area (Å²) in [6, 6.07) is 19.9. The molecule has 1 fully saturated rings. The monoisotopic (exact) mass is 431 g/mol. The van der Waals surface area contributed by atoms with Crippen LogP contribution in [-0.4, -0.2) is 46.8 Å². The molecule has 0 spiro atoms. The van der Waals surface area contributed by atoms with E-state index in [9.17, 15) is 9.59 Å². The minimum atomic E-state index is -0.710. The molecule has 0 bridgehead atoms. The third-order valence-electron chi connectivity index (χ3n) is 6.50. The summed E-state index contributed by atoms with van der Waals surface area (Å²) in [6.45, 7) is 3.67. The van der Waals surface area contributed by atoms with Gasteiger partial charge in [-0.1, -0.05) is 67.6 Å². The molecule has 0 unspecified atom stereocenters. The molecular weight excluding hydrogens is 402 g/mol. The molecule has 1 aliphatic heterocycles. The predicted molar refractivity (Wildman–Crippen MR) is 122 cm³/mol. The quantitative estimate of drug-likeness (QED) is 0.557. The van der Waals surface area contributed by atoms with Gasteiger partial charge in [0.1, 0.15) is 0 Å². The van der Waals surface area contributed by atoms with Gasteiger partial charge >= 0.3 is 5.97 Å². The van der Waals surface area contributed by atoms with Crippen LogP contribution in [0.4, 0.5) is 0 Å². The molecule has 0 aliphatic carbocycles. The van der Waals surface area contributed by atoms with Crippen molar-refractivity contribution in [2.75, 3.05) is 20.2 Å². The Morgan fingerprint density at radius 3 is 2.22 bits per heavy atom. The Morgan fingerprint density at radius 1 is 1.00 bits per heavy atom. The summed E-state index contributed by atoms with van der Waals surface area (Å²) >= 11 is 0. The van der Waals surface area contributed by atoms with Crippen molar-refractivity contribution >= 4 is 11.9 Å². The second-order valence-corrected chi connectivity index (χ2v) is 8.23. The van der Waals surface area contributed by atoms with Crippen molar-refractivity contribution in [2.45, 2.75) is 38.1 Å². The number of ether oxygens (including phenoxy) is 1. The first kappa shape index (κ1) is 21.8. The highest BCUT2D eigenvalue weighted by molar-refractivity contribution is 5.95. The Balaban J connectivity index is 1.53. The van der Waals surface area contributed by atoms with Crippen LogP contribution in [-0.2, 0) is 27.9 Å². The number of carbonyl (C=O) groups is 2. The van der Waals surface area contributed by atoms with Gasteiger partial charge in [-0.05, 0) is 30.4 Å². The van der Waals surface area contributed by atoms with Crippen LogP contribution in [0.5, 0.6) is 0 Å². The van der Waals surface area contributed by atoms with Crippen LogP contribution in [0.15, 0.2) is 66.9 Å². The minimum absolute atomic E-state index is 0.0207. The average Bonchev–Trinajstić information content (AvgIpc) is 3.26. The number of amides is 1. The summed E-state index contributed by atoms with van der Waals surface area (Å²) in [6.07, 6.45) is 3.48. The van der Waals surface area contributed by atoms with Crippen molar-refractivity contribution in [2.24, 2.45) is 0 Å². The number of benzene rings is 2. The Hall–Kier alpha value is -3.41. The maximum absolute atomic E-state index is 13.4. The molecule has 1 amide bonds. The second kappa shape index (κ2) is 9.39. The Bertz CT molecular complexity index is 1070. The normalized spacial score (nSPS) is 15.4. The van der Waals surface area contributed by atoms with E-state index < -0.39 is 5.41 Å². The third-order valence-corrected chi connectivity index (χ3v) is 6.50. The van der Waals surface area contributed by atoms with Crippen LogP contribution in [0.3, 0.4) is 0 Å². The molecule has 0 radical (unpaired) electrons. The van der Waals surface area contributed by atoms with Gasteiger partial charge in [0.2, 0.25) is 0 Å². The molecule has 0 saturated carbocycles. The van der Waals surface area contributed by atoms with Crippen molar-refractivity contribution in [3.8, 4) is 0 Å². The van der Waals surface area contributed by atoms with Gasteiger partial charge < -0.3 is 9.64 Å². The fraction of sp³-hybridized carbons (Fsp3) is 0.346. The van der Waals surface area contributed by atoms with Crippen molar-refractivity contribution in [3.63, 3.8) is 0 Å². The Morgan fingerprint density at radius 2 is 1.62 bits per heavy atom. The number of piperidine rings is 1. The SMILES string of the molecule is CCc1c(C(=O)N2CCC(C(=O)OC)(c3ccccc3)CC2)cnn1Cc1ccccc1. The lowest BCUT2D eigenvalue weighted by molar-refractivity contribution is -0.149. The van der Waals surface area contributed by atoms with Crippen LogP contribution < -0.4 is 0 Å². The lowest BCUT2D eigenvalue weighted by atomic mass is 9.72. The summed E-state index contributed by atoms with van der Waals surface area (Å²) in [5.41, 5.74) is 2.97. The second-order valence-electron chi connectivity index (χ2n) is 8.23. The standard InChI is InChI=1S/C26H29N3O3/c1-3-23-22(18-27-29(23)19-20-10-6-4-7-11-20)24(30)28-16-14-26(15-17-28,25(31)32-2)21-12-8-5-9-13-21/h4-13,18H,3,14-17,19H2,1-2H3.